The second-order valence-electron chi connectivity index (χ2n) is 7.19. The van der Waals surface area contributed by atoms with Gasteiger partial charge in [-0.3, -0.25) is 19.8 Å². The maximum absolute atomic E-state index is 13.1. The van der Waals surface area contributed by atoms with Crippen molar-refractivity contribution in [3.63, 3.8) is 0 Å². The van der Waals surface area contributed by atoms with Crippen LogP contribution in [-0.4, -0.2) is 16.5 Å². The molecule has 0 bridgehead atoms. The molecular weight excluding hydrogens is 432 g/mol. The second kappa shape index (κ2) is 8.57. The molecule has 1 aromatic carbocycles. The Hall–Kier alpha value is -3.09. The van der Waals surface area contributed by atoms with E-state index in [-0.39, 0.29) is 17.3 Å². The summed E-state index contributed by atoms with van der Waals surface area (Å²) in [6, 6.07) is 10.3. The van der Waals surface area contributed by atoms with Crippen LogP contribution in [0, 0.1) is 21.4 Å². The summed E-state index contributed by atoms with van der Waals surface area (Å²) in [6.07, 6.45) is 1.78. The van der Waals surface area contributed by atoms with Crippen LogP contribution >= 0.6 is 23.1 Å². The smallest absolute Gasteiger partial charge is 0.269 e. The average molecular weight is 453 g/mol. The number of thiophene rings is 1. The number of ketones is 1. The largest absolute Gasteiger partial charge is 0.384 e. The number of nitrogens with two attached hydrogens (primary N) is 1. The highest BCUT2D eigenvalue weighted by atomic mass is 32.2. The maximum atomic E-state index is 13.1. The molecule has 2 aliphatic rings. The summed E-state index contributed by atoms with van der Waals surface area (Å²) >= 11 is 3.29. The molecule has 1 aliphatic carbocycles. The van der Waals surface area contributed by atoms with Gasteiger partial charge in [0.15, 0.2) is 5.78 Å². The zero-order valence-electron chi connectivity index (χ0n) is 16.8. The third-order valence-corrected chi connectivity index (χ3v) is 7.63. The predicted molar refractivity (Wildman–Crippen MR) is 122 cm³/mol. The zero-order chi connectivity index (χ0) is 22.1. The molecule has 0 saturated heterocycles. The molecule has 0 fully saturated rings. The Kier molecular flexibility index (Phi) is 5.85. The summed E-state index contributed by atoms with van der Waals surface area (Å²) in [6.45, 7) is 2.07. The lowest BCUT2D eigenvalue weighted by atomic mass is 9.76. The fourth-order valence-electron chi connectivity index (χ4n) is 4.18. The molecule has 1 aromatic heterocycles. The number of nitro benzene ring substituents is 1. The number of hydrogen-bond acceptors (Lipinski definition) is 8. The van der Waals surface area contributed by atoms with Crippen molar-refractivity contribution in [2.24, 2.45) is 5.73 Å². The summed E-state index contributed by atoms with van der Waals surface area (Å²) in [7, 11) is 0. The first kappa shape index (κ1) is 21.2. The molecule has 0 radical (unpaired) electrons. The van der Waals surface area contributed by atoms with Crippen molar-refractivity contribution >= 4 is 40.3 Å². The minimum Gasteiger partial charge on any atom is -0.384 e. The van der Waals surface area contributed by atoms with Crippen LogP contribution in [0.1, 0.15) is 37.7 Å². The highest BCUT2D eigenvalue weighted by Gasteiger charge is 2.41. The SMILES string of the molecule is CCSc1sccc1C1C(C#N)=C(N)N(c2ccc([N+](=O)[O-])cc2)C2=C1C(=O)CCC2. The van der Waals surface area contributed by atoms with Gasteiger partial charge in [-0.1, -0.05) is 6.92 Å². The van der Waals surface area contributed by atoms with Crippen LogP contribution in [0.2, 0.25) is 0 Å². The number of nitrogens with zero attached hydrogens (tertiary/aromatic N) is 3. The van der Waals surface area contributed by atoms with Gasteiger partial charge in [-0.05, 0) is 47.7 Å². The van der Waals surface area contributed by atoms with Crippen LogP contribution in [0.15, 0.2) is 62.6 Å². The summed E-state index contributed by atoms with van der Waals surface area (Å²) in [5.74, 6) is 0.698. The van der Waals surface area contributed by atoms with Gasteiger partial charge in [0, 0.05) is 35.5 Å². The number of hydrogen-bond donors (Lipinski definition) is 1. The molecule has 0 amide bonds. The van der Waals surface area contributed by atoms with Crippen molar-refractivity contribution in [3.8, 4) is 6.07 Å². The van der Waals surface area contributed by atoms with Crippen molar-refractivity contribution in [1.82, 2.24) is 0 Å². The lowest BCUT2D eigenvalue weighted by Gasteiger charge is -2.39. The number of thioether (sulfide) groups is 1. The topological polar surface area (TPSA) is 113 Å². The molecule has 2 N–H and O–H groups in total. The summed E-state index contributed by atoms with van der Waals surface area (Å²) in [5, 5.41) is 23.1. The van der Waals surface area contributed by atoms with E-state index in [9.17, 15) is 20.2 Å². The molecule has 1 unspecified atom stereocenters. The standard InChI is InChI=1S/C22H20N4O3S2/c1-2-30-22-15(10-11-31-22)19-16(12-23)21(24)25(17-4-3-5-18(27)20(17)19)13-6-8-14(9-7-13)26(28)29/h6-11,19H,2-5,24H2,1H3. The molecule has 1 aliphatic heterocycles. The van der Waals surface area contributed by atoms with Crippen LogP contribution in [0.5, 0.6) is 0 Å². The average Bonchev–Trinajstić information content (AvgIpc) is 3.21. The van der Waals surface area contributed by atoms with E-state index in [0.717, 1.165) is 21.2 Å². The van der Waals surface area contributed by atoms with E-state index in [1.54, 1.807) is 40.1 Å². The Morgan fingerprint density at radius 2 is 2.06 bits per heavy atom. The Morgan fingerprint density at radius 3 is 2.71 bits per heavy atom. The number of Topliss-reactive ketones (excluding diaryl/α,β-unsaturated/α-hetero) is 1. The van der Waals surface area contributed by atoms with Gasteiger partial charge in [0.25, 0.3) is 5.69 Å². The molecule has 7 nitrogen and oxygen atoms in total. The molecule has 2 aromatic rings. The van der Waals surface area contributed by atoms with Crippen molar-refractivity contribution < 1.29 is 9.72 Å². The number of benzene rings is 1. The van der Waals surface area contributed by atoms with Gasteiger partial charge in [0.2, 0.25) is 0 Å². The summed E-state index contributed by atoms with van der Waals surface area (Å²) < 4.78 is 1.09. The molecule has 0 spiro atoms. The highest BCUT2D eigenvalue weighted by molar-refractivity contribution is 8.01. The normalized spacial score (nSPS) is 18.8. The molecule has 4 rings (SSSR count). The minimum absolute atomic E-state index is 0.0251. The number of nitro groups is 1. The lowest BCUT2D eigenvalue weighted by molar-refractivity contribution is -0.384. The van der Waals surface area contributed by atoms with Gasteiger partial charge in [-0.25, -0.2) is 0 Å². The fraction of sp³-hybridized carbons (Fsp3) is 0.273. The molecule has 2 heterocycles. The maximum Gasteiger partial charge on any atom is 0.269 e. The Bertz CT molecular complexity index is 1160. The van der Waals surface area contributed by atoms with Gasteiger partial charge in [0.05, 0.1) is 26.7 Å². The fourth-order valence-corrected chi connectivity index (χ4v) is 6.25. The van der Waals surface area contributed by atoms with Crippen molar-refractivity contribution in [3.05, 3.63) is 74.1 Å². The van der Waals surface area contributed by atoms with Gasteiger partial charge in [-0.2, -0.15) is 5.26 Å². The zero-order valence-corrected chi connectivity index (χ0v) is 18.5. The predicted octanol–water partition coefficient (Wildman–Crippen LogP) is 5.07. The van der Waals surface area contributed by atoms with Gasteiger partial charge < -0.3 is 5.73 Å². The van der Waals surface area contributed by atoms with E-state index in [4.69, 9.17) is 5.73 Å². The van der Waals surface area contributed by atoms with Crippen molar-refractivity contribution in [1.29, 1.82) is 5.26 Å². The number of non-ortho nitro benzene ring substituents is 1. The van der Waals surface area contributed by atoms with E-state index >= 15 is 0 Å². The van der Waals surface area contributed by atoms with Crippen LogP contribution in [-0.2, 0) is 4.79 Å². The van der Waals surface area contributed by atoms with E-state index in [1.807, 2.05) is 11.4 Å². The molecule has 158 valence electrons. The van der Waals surface area contributed by atoms with E-state index < -0.39 is 10.8 Å². The number of anilines is 1. The summed E-state index contributed by atoms with van der Waals surface area (Å²) in [4.78, 5) is 25.4. The number of carbonyl (C=O) groups excluding carboxylic acids is 1. The second-order valence-corrected chi connectivity index (χ2v) is 9.63. The third-order valence-electron chi connectivity index (χ3n) is 5.48. The monoisotopic (exact) mass is 452 g/mol. The van der Waals surface area contributed by atoms with Gasteiger partial charge in [0.1, 0.15) is 5.82 Å². The Morgan fingerprint density at radius 1 is 1.32 bits per heavy atom. The van der Waals surface area contributed by atoms with Crippen LogP contribution < -0.4 is 10.6 Å². The molecule has 0 saturated carbocycles. The molecule has 31 heavy (non-hydrogen) atoms. The van der Waals surface area contributed by atoms with Gasteiger partial charge >= 0.3 is 0 Å². The van der Waals surface area contributed by atoms with E-state index in [0.29, 0.717) is 36.1 Å². The van der Waals surface area contributed by atoms with Crippen LogP contribution in [0.3, 0.4) is 0 Å². The Balaban J connectivity index is 1.91. The van der Waals surface area contributed by atoms with Crippen molar-refractivity contribution in [2.45, 2.75) is 36.3 Å². The highest BCUT2D eigenvalue weighted by Crippen LogP contribution is 2.49. The van der Waals surface area contributed by atoms with Gasteiger partial charge in [-0.15, -0.1) is 23.1 Å². The quantitative estimate of drug-likeness (QED) is 0.382. The van der Waals surface area contributed by atoms with Crippen molar-refractivity contribution in [2.75, 3.05) is 10.7 Å². The molecule has 9 heteroatoms. The molecule has 1 atom stereocenters. The van der Waals surface area contributed by atoms with E-state index in [1.165, 1.54) is 12.1 Å². The first-order valence-electron chi connectivity index (χ1n) is 9.88. The first-order valence-corrected chi connectivity index (χ1v) is 11.7. The summed E-state index contributed by atoms with van der Waals surface area (Å²) in [5.41, 5.74) is 9.79. The first-order chi connectivity index (χ1) is 15.0. The van der Waals surface area contributed by atoms with Crippen LogP contribution in [0.4, 0.5) is 11.4 Å². The lowest BCUT2D eigenvalue weighted by Crippen LogP contribution is -2.38. The number of rotatable bonds is 5. The van der Waals surface area contributed by atoms with E-state index in [2.05, 4.69) is 13.0 Å². The molecular formula is C22H20N4O3S2. The number of nitriles is 1. The Labute approximate surface area is 188 Å². The number of allylic oxidation sites excluding steroid dienone is 3. The van der Waals surface area contributed by atoms with Crippen LogP contribution in [0.25, 0.3) is 0 Å². The number of carbonyl (C=O) groups is 1. The third kappa shape index (κ3) is 3.62. The minimum atomic E-state index is -0.484.